The molecule has 0 aliphatic heterocycles. The number of amides is 1. The van der Waals surface area contributed by atoms with Crippen molar-refractivity contribution in [3.05, 3.63) is 74.5 Å². The molecule has 0 aliphatic rings. The van der Waals surface area contributed by atoms with Crippen LogP contribution in [0.25, 0.3) is 0 Å². The second-order valence-corrected chi connectivity index (χ2v) is 5.14. The highest BCUT2D eigenvalue weighted by Crippen LogP contribution is 2.21. The van der Waals surface area contributed by atoms with Crippen LogP contribution in [-0.4, -0.2) is 22.5 Å². The smallest absolute Gasteiger partial charge is 0.271 e. The Morgan fingerprint density at radius 2 is 2.04 bits per heavy atom. The zero-order chi connectivity index (χ0) is 17.0. The number of nitrogens with one attached hydrogen (secondary N) is 1. The maximum atomic E-state index is 13.5. The lowest BCUT2D eigenvalue weighted by molar-refractivity contribution is -0.384. The van der Waals surface area contributed by atoms with Crippen LogP contribution in [0.4, 0.5) is 10.1 Å². The van der Waals surface area contributed by atoms with Gasteiger partial charge in [0.2, 0.25) is 0 Å². The molecule has 0 fully saturated rings. The first kappa shape index (κ1) is 16.9. The predicted molar refractivity (Wildman–Crippen MR) is 81.8 cm³/mol. The molecule has 0 aromatic heterocycles. The molecule has 6 nitrogen and oxygen atoms in total. The Morgan fingerprint density at radius 1 is 1.35 bits per heavy atom. The van der Waals surface area contributed by atoms with E-state index >= 15 is 0 Å². The number of nitro benzene ring substituents is 1. The molecule has 2 aromatic rings. The zero-order valence-electron chi connectivity index (χ0n) is 11.7. The summed E-state index contributed by atoms with van der Waals surface area (Å²) in [6, 6.07) is 9.08. The minimum atomic E-state index is -1.24. The van der Waals surface area contributed by atoms with Crippen molar-refractivity contribution in [3.63, 3.8) is 0 Å². The number of rotatable bonds is 5. The zero-order valence-corrected chi connectivity index (χ0v) is 12.5. The summed E-state index contributed by atoms with van der Waals surface area (Å²) in [6.07, 6.45) is -1.24. The molecule has 0 bridgehead atoms. The van der Waals surface area contributed by atoms with Gasteiger partial charge in [-0.25, -0.2) is 4.39 Å². The largest absolute Gasteiger partial charge is 0.386 e. The normalized spacial score (nSPS) is 11.8. The van der Waals surface area contributed by atoms with E-state index in [2.05, 4.69) is 5.32 Å². The number of carbonyl (C=O) groups is 1. The van der Waals surface area contributed by atoms with Crippen molar-refractivity contribution in [3.8, 4) is 0 Å². The van der Waals surface area contributed by atoms with Crippen LogP contribution in [0, 0.1) is 15.9 Å². The van der Waals surface area contributed by atoms with Crippen LogP contribution in [0.3, 0.4) is 0 Å². The third-order valence-electron chi connectivity index (χ3n) is 3.08. The Hall–Kier alpha value is -2.51. The molecule has 8 heteroatoms. The Morgan fingerprint density at radius 3 is 2.70 bits per heavy atom. The highest BCUT2D eigenvalue weighted by molar-refractivity contribution is 6.31. The molecule has 1 unspecified atom stereocenters. The molecule has 2 rings (SSSR count). The summed E-state index contributed by atoms with van der Waals surface area (Å²) in [4.78, 5) is 22.1. The van der Waals surface area contributed by atoms with Crippen molar-refractivity contribution in [1.29, 1.82) is 0 Å². The topological polar surface area (TPSA) is 92.5 Å². The van der Waals surface area contributed by atoms with Gasteiger partial charge in [-0.15, -0.1) is 0 Å². The van der Waals surface area contributed by atoms with Crippen LogP contribution < -0.4 is 5.32 Å². The number of carbonyl (C=O) groups excluding carboxylic acids is 1. The molecule has 0 radical (unpaired) electrons. The maximum absolute atomic E-state index is 13.5. The summed E-state index contributed by atoms with van der Waals surface area (Å²) in [5.74, 6) is -1.25. The molecule has 0 saturated carbocycles. The van der Waals surface area contributed by atoms with Crippen molar-refractivity contribution in [2.75, 3.05) is 6.54 Å². The van der Waals surface area contributed by atoms with Gasteiger partial charge in [-0.05, 0) is 12.1 Å². The molecule has 120 valence electrons. The number of aliphatic hydroxyl groups excluding tert-OH is 1. The third kappa shape index (κ3) is 4.24. The number of halogens is 2. The van der Waals surface area contributed by atoms with E-state index in [0.717, 1.165) is 12.1 Å². The number of benzene rings is 2. The minimum Gasteiger partial charge on any atom is -0.386 e. The lowest BCUT2D eigenvalue weighted by atomic mass is 10.1. The standard InChI is InChI=1S/C15H12ClFN2O4/c16-10-5-9(6-11(7-10)19(22)23)15(21)18-8-14(20)12-3-1-2-4-13(12)17/h1-7,14,20H,8H2,(H,18,21). The molecule has 0 spiro atoms. The molecule has 1 atom stereocenters. The fraction of sp³-hybridized carbons (Fsp3) is 0.133. The monoisotopic (exact) mass is 338 g/mol. The third-order valence-corrected chi connectivity index (χ3v) is 3.29. The maximum Gasteiger partial charge on any atom is 0.271 e. The Labute approximate surface area is 135 Å². The quantitative estimate of drug-likeness (QED) is 0.647. The van der Waals surface area contributed by atoms with Gasteiger partial charge in [0.05, 0.1) is 11.0 Å². The summed E-state index contributed by atoms with van der Waals surface area (Å²) >= 11 is 5.73. The van der Waals surface area contributed by atoms with Gasteiger partial charge < -0.3 is 10.4 Å². The van der Waals surface area contributed by atoms with Gasteiger partial charge in [-0.3, -0.25) is 14.9 Å². The first-order valence-electron chi connectivity index (χ1n) is 6.54. The molecular formula is C15H12ClFN2O4. The number of nitro groups is 1. The summed E-state index contributed by atoms with van der Waals surface area (Å²) < 4.78 is 13.5. The van der Waals surface area contributed by atoms with Gasteiger partial charge in [-0.2, -0.15) is 0 Å². The van der Waals surface area contributed by atoms with E-state index in [1.165, 1.54) is 24.3 Å². The second-order valence-electron chi connectivity index (χ2n) is 4.70. The average Bonchev–Trinajstić information content (AvgIpc) is 2.52. The van der Waals surface area contributed by atoms with Crippen molar-refractivity contribution >= 4 is 23.2 Å². The molecular weight excluding hydrogens is 327 g/mol. The van der Waals surface area contributed by atoms with Crippen molar-refractivity contribution in [2.45, 2.75) is 6.10 Å². The van der Waals surface area contributed by atoms with Gasteiger partial charge in [0, 0.05) is 34.8 Å². The number of non-ortho nitro benzene ring substituents is 1. The number of hydrogen-bond acceptors (Lipinski definition) is 4. The highest BCUT2D eigenvalue weighted by atomic mass is 35.5. The SMILES string of the molecule is O=C(NCC(O)c1ccccc1F)c1cc(Cl)cc([N+](=O)[O-])c1. The van der Waals surface area contributed by atoms with Gasteiger partial charge in [-0.1, -0.05) is 29.8 Å². The van der Waals surface area contributed by atoms with E-state index in [0.29, 0.717) is 0 Å². The fourth-order valence-electron chi connectivity index (χ4n) is 1.96. The summed E-state index contributed by atoms with van der Waals surface area (Å²) in [7, 11) is 0. The Balaban J connectivity index is 2.08. The number of hydrogen-bond donors (Lipinski definition) is 2. The van der Waals surface area contributed by atoms with E-state index < -0.39 is 22.8 Å². The Kier molecular flexibility index (Phi) is 5.25. The Bertz CT molecular complexity index is 754. The van der Waals surface area contributed by atoms with Gasteiger partial charge in [0.25, 0.3) is 11.6 Å². The molecule has 2 aromatic carbocycles. The van der Waals surface area contributed by atoms with Gasteiger partial charge in [0.15, 0.2) is 0 Å². The van der Waals surface area contributed by atoms with Crippen LogP contribution in [0.5, 0.6) is 0 Å². The van der Waals surface area contributed by atoms with Crippen molar-refractivity contribution in [1.82, 2.24) is 5.32 Å². The lowest BCUT2D eigenvalue weighted by Gasteiger charge is -2.13. The second kappa shape index (κ2) is 7.17. The van der Waals surface area contributed by atoms with E-state index in [9.17, 15) is 24.4 Å². The van der Waals surface area contributed by atoms with Gasteiger partial charge in [0.1, 0.15) is 5.82 Å². The summed E-state index contributed by atoms with van der Waals surface area (Å²) in [6.45, 7) is -0.250. The van der Waals surface area contributed by atoms with E-state index in [1.807, 2.05) is 0 Å². The highest BCUT2D eigenvalue weighted by Gasteiger charge is 2.17. The van der Waals surface area contributed by atoms with Gasteiger partial charge >= 0.3 is 0 Å². The predicted octanol–water partition coefficient (Wildman–Crippen LogP) is 2.85. The molecule has 23 heavy (non-hydrogen) atoms. The first-order valence-corrected chi connectivity index (χ1v) is 6.92. The minimum absolute atomic E-state index is 0.0232. The van der Waals surface area contributed by atoms with Crippen LogP contribution in [0.2, 0.25) is 5.02 Å². The first-order chi connectivity index (χ1) is 10.9. The van der Waals surface area contributed by atoms with Crippen LogP contribution in [-0.2, 0) is 0 Å². The molecule has 0 saturated heterocycles. The molecule has 1 amide bonds. The summed E-state index contributed by atoms with van der Waals surface area (Å²) in [5, 5.41) is 23.1. The van der Waals surface area contributed by atoms with Crippen LogP contribution >= 0.6 is 11.6 Å². The van der Waals surface area contributed by atoms with E-state index in [4.69, 9.17) is 11.6 Å². The molecule has 0 heterocycles. The number of nitrogens with zero attached hydrogens (tertiary/aromatic N) is 1. The molecule has 2 N–H and O–H groups in total. The van der Waals surface area contributed by atoms with Crippen LogP contribution in [0.15, 0.2) is 42.5 Å². The fourth-order valence-corrected chi connectivity index (χ4v) is 2.19. The van der Waals surface area contributed by atoms with Crippen LogP contribution in [0.1, 0.15) is 22.0 Å². The van der Waals surface area contributed by atoms with E-state index in [-0.39, 0.29) is 28.4 Å². The molecule has 0 aliphatic carbocycles. The average molecular weight is 339 g/mol. The van der Waals surface area contributed by atoms with Crippen molar-refractivity contribution in [2.24, 2.45) is 0 Å². The van der Waals surface area contributed by atoms with Crippen molar-refractivity contribution < 1.29 is 19.2 Å². The lowest BCUT2D eigenvalue weighted by Crippen LogP contribution is -2.28. The summed E-state index contributed by atoms with van der Waals surface area (Å²) in [5.41, 5.74) is -0.299. The number of aliphatic hydroxyl groups is 1. The van der Waals surface area contributed by atoms with E-state index in [1.54, 1.807) is 6.07 Å².